The standard InChI is InChI=1S/C17H14N2O4/c1-11(12-6-8-13(9-7-12)19(22)23)10-18-16(20)14-4-2-3-5-15(14)17(18)21/h2-9,11H,10H2,1H3/t11-/m0/s1/i1+2. The summed E-state index contributed by atoms with van der Waals surface area (Å²) in [6.45, 7) is 2.12. The number of carbonyl (C=O) groups excluding carboxylic acids is 2. The normalized spacial score (nSPS) is 14.7. The van der Waals surface area contributed by atoms with Crippen LogP contribution >= 0.6 is 0 Å². The third kappa shape index (κ3) is 2.59. The van der Waals surface area contributed by atoms with E-state index in [1.165, 1.54) is 17.0 Å². The summed E-state index contributed by atoms with van der Waals surface area (Å²) in [4.78, 5) is 36.1. The lowest BCUT2D eigenvalue weighted by Crippen LogP contribution is -2.33. The van der Waals surface area contributed by atoms with Gasteiger partial charge in [0.1, 0.15) is 0 Å². The number of non-ortho nitro benzene ring substituents is 1. The highest BCUT2D eigenvalue weighted by Gasteiger charge is 2.35. The molecule has 23 heavy (non-hydrogen) atoms. The van der Waals surface area contributed by atoms with Crippen LogP contribution in [0.4, 0.5) is 5.69 Å². The number of hydrogen-bond donors (Lipinski definition) is 0. The summed E-state index contributed by atoms with van der Waals surface area (Å²) >= 11 is 0. The molecule has 0 spiro atoms. The van der Waals surface area contributed by atoms with E-state index in [-0.39, 0.29) is 30.0 Å². The minimum Gasteiger partial charge on any atom is -0.274 e. The van der Waals surface area contributed by atoms with Crippen molar-refractivity contribution in [3.8, 4) is 0 Å². The van der Waals surface area contributed by atoms with Crippen LogP contribution in [0.5, 0.6) is 0 Å². The van der Waals surface area contributed by atoms with Crippen molar-refractivity contribution in [2.24, 2.45) is 0 Å². The molecule has 2 amide bonds. The van der Waals surface area contributed by atoms with E-state index in [1.54, 1.807) is 36.4 Å². The van der Waals surface area contributed by atoms with Crippen LogP contribution in [0, 0.1) is 10.1 Å². The number of nitrogens with zero attached hydrogens (tertiary/aromatic N) is 2. The number of amides is 2. The lowest BCUT2D eigenvalue weighted by molar-refractivity contribution is -0.384. The summed E-state index contributed by atoms with van der Waals surface area (Å²) in [5, 5.41) is 10.7. The number of carbonyl (C=O) groups is 2. The molecule has 0 saturated carbocycles. The van der Waals surface area contributed by atoms with Crippen molar-refractivity contribution in [2.45, 2.75) is 12.8 Å². The van der Waals surface area contributed by atoms with Crippen molar-refractivity contribution in [1.29, 1.82) is 0 Å². The van der Waals surface area contributed by atoms with Gasteiger partial charge in [0.15, 0.2) is 0 Å². The predicted molar refractivity (Wildman–Crippen MR) is 83.3 cm³/mol. The Kier molecular flexibility index (Phi) is 3.65. The maximum atomic E-state index is 12.3. The molecule has 1 aliphatic heterocycles. The number of nitro benzene ring substituents is 1. The average molecular weight is 312 g/mol. The van der Waals surface area contributed by atoms with Crippen LogP contribution in [0.15, 0.2) is 48.5 Å². The second kappa shape index (κ2) is 5.64. The molecule has 116 valence electrons. The van der Waals surface area contributed by atoms with Gasteiger partial charge in [-0.1, -0.05) is 31.2 Å². The summed E-state index contributed by atoms with van der Waals surface area (Å²) in [5.74, 6) is -0.697. The Morgan fingerprint density at radius 1 is 1.00 bits per heavy atom. The lowest BCUT2D eigenvalue weighted by Gasteiger charge is -2.19. The highest BCUT2D eigenvalue weighted by molar-refractivity contribution is 6.21. The molecule has 0 fully saturated rings. The maximum absolute atomic E-state index is 12.3. The SMILES string of the molecule is [14CH3][C@@H](CN1C(=O)c2ccccc2C1=O)c1ccc([N+](=O)[O-])cc1. The van der Waals surface area contributed by atoms with Crippen molar-refractivity contribution in [3.05, 3.63) is 75.3 Å². The highest BCUT2D eigenvalue weighted by atomic mass is 16.6. The Morgan fingerprint density at radius 3 is 2.00 bits per heavy atom. The molecule has 1 aliphatic rings. The summed E-state index contributed by atoms with van der Waals surface area (Å²) < 4.78 is 0. The monoisotopic (exact) mass is 312 g/mol. The first-order chi connectivity index (χ1) is 11.0. The van der Waals surface area contributed by atoms with Crippen LogP contribution in [0.2, 0.25) is 0 Å². The quantitative estimate of drug-likeness (QED) is 0.494. The van der Waals surface area contributed by atoms with E-state index < -0.39 is 4.92 Å². The molecule has 6 nitrogen and oxygen atoms in total. The topological polar surface area (TPSA) is 80.5 Å². The van der Waals surface area contributed by atoms with Gasteiger partial charge in [0.2, 0.25) is 0 Å². The molecule has 1 atom stereocenters. The molecule has 6 heteroatoms. The molecule has 2 aromatic rings. The summed E-state index contributed by atoms with van der Waals surface area (Å²) in [5.41, 5.74) is 1.70. The molecule has 3 rings (SSSR count). The zero-order valence-electron chi connectivity index (χ0n) is 12.4. The first kappa shape index (κ1) is 14.9. The zero-order chi connectivity index (χ0) is 16.6. The van der Waals surface area contributed by atoms with E-state index in [1.807, 2.05) is 6.92 Å². The van der Waals surface area contributed by atoms with E-state index in [9.17, 15) is 19.7 Å². The van der Waals surface area contributed by atoms with Crippen LogP contribution in [0.25, 0.3) is 0 Å². The highest BCUT2D eigenvalue weighted by Crippen LogP contribution is 2.26. The number of hydrogen-bond acceptors (Lipinski definition) is 4. The fourth-order valence-corrected chi connectivity index (χ4v) is 2.71. The Bertz CT molecular complexity index is 763. The largest absolute Gasteiger partial charge is 0.274 e. The molecule has 0 aromatic heterocycles. The van der Waals surface area contributed by atoms with Gasteiger partial charge in [0.05, 0.1) is 16.1 Å². The molecule has 0 aliphatic carbocycles. The minimum atomic E-state index is -0.460. The summed E-state index contributed by atoms with van der Waals surface area (Å²) in [6, 6.07) is 12.9. The number of rotatable bonds is 4. The fourth-order valence-electron chi connectivity index (χ4n) is 2.71. The van der Waals surface area contributed by atoms with Crippen molar-refractivity contribution in [2.75, 3.05) is 6.54 Å². The molecule has 0 bridgehead atoms. The van der Waals surface area contributed by atoms with Crippen molar-refractivity contribution in [1.82, 2.24) is 4.90 Å². The lowest BCUT2D eigenvalue weighted by atomic mass is 10.1. The van der Waals surface area contributed by atoms with Crippen LogP contribution < -0.4 is 0 Å². The number of fused-ring (bicyclic) bond motifs is 1. The van der Waals surface area contributed by atoms with Crippen molar-refractivity contribution < 1.29 is 14.5 Å². The molecule has 0 radical (unpaired) electrons. The number of imide groups is 1. The summed E-state index contributed by atoms with van der Waals surface area (Å²) in [6.07, 6.45) is 0. The van der Waals surface area contributed by atoms with Crippen LogP contribution in [0.3, 0.4) is 0 Å². The molecule has 0 unspecified atom stereocenters. The van der Waals surface area contributed by atoms with Gasteiger partial charge in [-0.2, -0.15) is 0 Å². The van der Waals surface area contributed by atoms with E-state index >= 15 is 0 Å². The van der Waals surface area contributed by atoms with E-state index in [4.69, 9.17) is 0 Å². The van der Waals surface area contributed by atoms with Gasteiger partial charge in [0.25, 0.3) is 17.5 Å². The Morgan fingerprint density at radius 2 is 1.52 bits per heavy atom. The molecular weight excluding hydrogens is 298 g/mol. The van der Waals surface area contributed by atoms with Crippen LogP contribution in [0.1, 0.15) is 39.1 Å². The van der Waals surface area contributed by atoms with Gasteiger partial charge >= 0.3 is 0 Å². The molecule has 0 saturated heterocycles. The van der Waals surface area contributed by atoms with Crippen LogP contribution in [-0.4, -0.2) is 28.2 Å². The van der Waals surface area contributed by atoms with Gasteiger partial charge in [-0.25, -0.2) is 0 Å². The number of benzene rings is 2. The zero-order valence-corrected chi connectivity index (χ0v) is 12.4. The van der Waals surface area contributed by atoms with Gasteiger partial charge < -0.3 is 0 Å². The van der Waals surface area contributed by atoms with Crippen LogP contribution in [-0.2, 0) is 0 Å². The third-order valence-electron chi connectivity index (χ3n) is 4.01. The molecule has 2 aromatic carbocycles. The minimum absolute atomic E-state index is 0.0154. The first-order valence-electron chi connectivity index (χ1n) is 7.18. The number of nitro groups is 1. The second-order valence-corrected chi connectivity index (χ2v) is 5.52. The predicted octanol–water partition coefficient (Wildman–Crippen LogP) is 2.99. The van der Waals surface area contributed by atoms with E-state index in [0.29, 0.717) is 11.1 Å². The Labute approximate surface area is 132 Å². The average Bonchev–Trinajstić information content (AvgIpc) is 2.80. The second-order valence-electron chi connectivity index (χ2n) is 5.52. The summed E-state index contributed by atoms with van der Waals surface area (Å²) in [7, 11) is 0. The third-order valence-corrected chi connectivity index (χ3v) is 4.01. The van der Waals surface area contributed by atoms with E-state index in [0.717, 1.165) is 5.56 Å². The maximum Gasteiger partial charge on any atom is 0.269 e. The Hall–Kier alpha value is -3.02. The van der Waals surface area contributed by atoms with Gasteiger partial charge in [-0.3, -0.25) is 24.6 Å². The van der Waals surface area contributed by atoms with Gasteiger partial charge in [-0.15, -0.1) is 0 Å². The smallest absolute Gasteiger partial charge is 0.269 e. The van der Waals surface area contributed by atoms with Crippen molar-refractivity contribution in [3.63, 3.8) is 0 Å². The van der Waals surface area contributed by atoms with E-state index in [2.05, 4.69) is 0 Å². The van der Waals surface area contributed by atoms with Crippen molar-refractivity contribution >= 4 is 17.5 Å². The van der Waals surface area contributed by atoms with Gasteiger partial charge in [0, 0.05) is 18.7 Å². The first-order valence-corrected chi connectivity index (χ1v) is 7.18. The molecule has 0 N–H and O–H groups in total. The van der Waals surface area contributed by atoms with Gasteiger partial charge in [-0.05, 0) is 23.6 Å². The molecule has 1 heterocycles. The Balaban J connectivity index is 1.79. The fraction of sp³-hybridized carbons (Fsp3) is 0.176. The molecular formula is C17H14N2O4.